The summed E-state index contributed by atoms with van der Waals surface area (Å²) < 4.78 is 10.9. The van der Waals surface area contributed by atoms with Crippen molar-refractivity contribution in [2.45, 2.75) is 13.8 Å². The maximum atomic E-state index is 11.8. The van der Waals surface area contributed by atoms with Gasteiger partial charge in [-0.15, -0.1) is 0 Å². The first-order chi connectivity index (χ1) is 9.72. The second-order valence-electron chi connectivity index (χ2n) is 3.95. The van der Waals surface area contributed by atoms with Gasteiger partial charge in [-0.1, -0.05) is 12.1 Å². The lowest BCUT2D eigenvalue weighted by Gasteiger charge is -2.20. The van der Waals surface area contributed by atoms with Crippen molar-refractivity contribution in [1.29, 1.82) is 0 Å². The Labute approximate surface area is 119 Å². The van der Waals surface area contributed by atoms with Crippen LogP contribution in [0.5, 0.6) is 11.5 Å². The Bertz CT molecular complexity index is 412. The maximum absolute atomic E-state index is 11.8. The molecule has 6 nitrogen and oxygen atoms in total. The summed E-state index contributed by atoms with van der Waals surface area (Å²) in [4.78, 5) is 13.3. The highest BCUT2D eigenvalue weighted by atomic mass is 16.5. The predicted octanol–water partition coefficient (Wildman–Crippen LogP) is 1.45. The van der Waals surface area contributed by atoms with Gasteiger partial charge in [0.15, 0.2) is 18.2 Å². The number of benzene rings is 1. The van der Waals surface area contributed by atoms with Gasteiger partial charge in [-0.05, 0) is 26.0 Å². The minimum atomic E-state index is -0.268. The molecule has 1 rings (SSSR count). The molecule has 0 atom stereocenters. The number of aliphatic hydroxyl groups is 1. The number of ether oxygens (including phenoxy) is 2. The Morgan fingerprint density at radius 2 is 1.90 bits per heavy atom. The molecule has 0 aromatic heterocycles. The smallest absolute Gasteiger partial charge is 0.320 e. The van der Waals surface area contributed by atoms with Crippen molar-refractivity contribution in [3.05, 3.63) is 24.3 Å². The number of hydrogen-bond acceptors (Lipinski definition) is 4. The highest BCUT2D eigenvalue weighted by molar-refractivity contribution is 5.73. The van der Waals surface area contributed by atoms with Gasteiger partial charge in [0.1, 0.15) is 0 Å². The molecule has 0 aliphatic rings. The van der Waals surface area contributed by atoms with Gasteiger partial charge in [-0.2, -0.15) is 0 Å². The zero-order valence-corrected chi connectivity index (χ0v) is 12.0. The Kier molecular flexibility index (Phi) is 7.27. The van der Waals surface area contributed by atoms with Crippen LogP contribution in [-0.4, -0.2) is 49.1 Å². The summed E-state index contributed by atoms with van der Waals surface area (Å²) in [6, 6.07) is 7.02. The molecule has 20 heavy (non-hydrogen) atoms. The molecular formula is C14H22N2O4. The van der Waals surface area contributed by atoms with E-state index >= 15 is 0 Å². The summed E-state index contributed by atoms with van der Waals surface area (Å²) in [5.41, 5.74) is 0. The average molecular weight is 282 g/mol. The van der Waals surface area contributed by atoms with Gasteiger partial charge in [0.05, 0.1) is 13.2 Å². The monoisotopic (exact) mass is 282 g/mol. The topological polar surface area (TPSA) is 71.0 Å². The van der Waals surface area contributed by atoms with Crippen molar-refractivity contribution in [2.75, 3.05) is 33.0 Å². The lowest BCUT2D eigenvalue weighted by atomic mass is 10.3. The Morgan fingerprint density at radius 1 is 1.25 bits per heavy atom. The van der Waals surface area contributed by atoms with E-state index in [-0.39, 0.29) is 19.4 Å². The summed E-state index contributed by atoms with van der Waals surface area (Å²) in [6.07, 6.45) is 0. The number of nitrogens with one attached hydrogen (secondary N) is 1. The van der Waals surface area contributed by atoms with Crippen LogP contribution >= 0.6 is 0 Å². The minimum absolute atomic E-state index is 0.0465. The maximum Gasteiger partial charge on any atom is 0.320 e. The lowest BCUT2D eigenvalue weighted by Crippen LogP contribution is -2.42. The molecule has 2 N–H and O–H groups in total. The summed E-state index contributed by atoms with van der Waals surface area (Å²) in [6.45, 7) is 5.11. The molecule has 0 bridgehead atoms. The van der Waals surface area contributed by atoms with E-state index in [4.69, 9.17) is 14.6 Å². The van der Waals surface area contributed by atoms with Crippen molar-refractivity contribution < 1.29 is 19.4 Å². The van der Waals surface area contributed by atoms with Crippen LogP contribution in [0.15, 0.2) is 24.3 Å². The quantitative estimate of drug-likeness (QED) is 0.708. The van der Waals surface area contributed by atoms with Crippen molar-refractivity contribution in [3.8, 4) is 11.5 Å². The van der Waals surface area contributed by atoms with Gasteiger partial charge >= 0.3 is 6.03 Å². The molecule has 0 unspecified atom stereocenters. The van der Waals surface area contributed by atoms with E-state index in [1.165, 1.54) is 4.90 Å². The summed E-state index contributed by atoms with van der Waals surface area (Å²) in [5.74, 6) is 1.23. The first-order valence-electron chi connectivity index (χ1n) is 6.71. The Balaban J connectivity index is 2.45. The number of rotatable bonds is 8. The predicted molar refractivity (Wildman–Crippen MR) is 76.0 cm³/mol. The first kappa shape index (κ1) is 16.1. The van der Waals surface area contributed by atoms with Crippen LogP contribution in [0.2, 0.25) is 0 Å². The molecule has 0 heterocycles. The second kappa shape index (κ2) is 9.03. The van der Waals surface area contributed by atoms with E-state index in [1.54, 1.807) is 6.07 Å². The Morgan fingerprint density at radius 3 is 2.45 bits per heavy atom. The van der Waals surface area contributed by atoms with Gasteiger partial charge in [0.2, 0.25) is 0 Å². The molecular weight excluding hydrogens is 260 g/mol. The third kappa shape index (κ3) is 4.97. The zero-order valence-electron chi connectivity index (χ0n) is 12.0. The summed E-state index contributed by atoms with van der Waals surface area (Å²) >= 11 is 0. The fourth-order valence-electron chi connectivity index (χ4n) is 1.66. The number of hydrogen-bond donors (Lipinski definition) is 2. The van der Waals surface area contributed by atoms with Crippen LogP contribution in [0.3, 0.4) is 0 Å². The highest BCUT2D eigenvalue weighted by Crippen LogP contribution is 2.25. The van der Waals surface area contributed by atoms with Crippen molar-refractivity contribution in [3.63, 3.8) is 0 Å². The van der Waals surface area contributed by atoms with Crippen LogP contribution < -0.4 is 14.8 Å². The lowest BCUT2D eigenvalue weighted by molar-refractivity contribution is 0.169. The molecule has 0 fully saturated rings. The molecule has 0 radical (unpaired) electrons. The van der Waals surface area contributed by atoms with Crippen molar-refractivity contribution in [1.82, 2.24) is 10.2 Å². The van der Waals surface area contributed by atoms with Crippen LogP contribution in [0, 0.1) is 0 Å². The fourth-order valence-corrected chi connectivity index (χ4v) is 1.66. The van der Waals surface area contributed by atoms with Gasteiger partial charge in [0, 0.05) is 13.1 Å². The molecule has 0 aliphatic heterocycles. The highest BCUT2D eigenvalue weighted by Gasteiger charge is 2.10. The summed E-state index contributed by atoms with van der Waals surface area (Å²) in [5, 5.41) is 11.5. The number of likely N-dealkylation sites (N-methyl/N-ethyl adjacent to an activating group) is 1. The van der Waals surface area contributed by atoms with E-state index in [2.05, 4.69) is 5.32 Å². The molecule has 0 saturated heterocycles. The molecule has 1 aromatic rings. The fraction of sp³-hybridized carbons (Fsp3) is 0.500. The van der Waals surface area contributed by atoms with Crippen molar-refractivity contribution >= 4 is 6.03 Å². The summed E-state index contributed by atoms with van der Waals surface area (Å²) in [7, 11) is 0. The minimum Gasteiger partial charge on any atom is -0.490 e. The second-order valence-corrected chi connectivity index (χ2v) is 3.95. The normalized spacial score (nSPS) is 9.95. The van der Waals surface area contributed by atoms with Gasteiger partial charge in [0.25, 0.3) is 0 Å². The van der Waals surface area contributed by atoms with Gasteiger partial charge < -0.3 is 24.8 Å². The molecule has 1 aromatic carbocycles. The van der Waals surface area contributed by atoms with Crippen LogP contribution in [-0.2, 0) is 0 Å². The van der Waals surface area contributed by atoms with Crippen LogP contribution in [0.1, 0.15) is 13.8 Å². The standard InChI is InChI=1S/C14H22N2O4/c1-3-16(9-10-17)14(18)15-11-20-13-8-6-5-7-12(13)19-4-2/h5-8,17H,3-4,9-11H2,1-2H3,(H,15,18). The van der Waals surface area contributed by atoms with Gasteiger partial charge in [-0.3, -0.25) is 0 Å². The number of urea groups is 1. The Hall–Kier alpha value is -1.95. The zero-order chi connectivity index (χ0) is 14.8. The van der Waals surface area contributed by atoms with Crippen LogP contribution in [0.25, 0.3) is 0 Å². The number of para-hydroxylation sites is 2. The number of amides is 2. The number of carbonyl (C=O) groups is 1. The van der Waals surface area contributed by atoms with E-state index in [0.717, 1.165) is 0 Å². The van der Waals surface area contributed by atoms with Crippen LogP contribution in [0.4, 0.5) is 4.79 Å². The average Bonchev–Trinajstić information content (AvgIpc) is 2.46. The third-order valence-electron chi connectivity index (χ3n) is 2.64. The third-order valence-corrected chi connectivity index (χ3v) is 2.64. The number of nitrogens with zero attached hydrogens (tertiary/aromatic N) is 1. The van der Waals surface area contributed by atoms with Crippen molar-refractivity contribution in [2.24, 2.45) is 0 Å². The largest absolute Gasteiger partial charge is 0.490 e. The van der Waals surface area contributed by atoms with E-state index < -0.39 is 0 Å². The molecule has 2 amide bonds. The first-order valence-corrected chi connectivity index (χ1v) is 6.71. The van der Waals surface area contributed by atoms with E-state index in [0.29, 0.717) is 31.2 Å². The SMILES string of the molecule is CCOc1ccccc1OCNC(=O)N(CC)CCO. The molecule has 0 saturated carbocycles. The van der Waals surface area contributed by atoms with E-state index in [9.17, 15) is 4.79 Å². The number of carbonyl (C=O) groups excluding carboxylic acids is 1. The van der Waals surface area contributed by atoms with Gasteiger partial charge in [-0.25, -0.2) is 4.79 Å². The molecule has 0 aliphatic carbocycles. The molecule has 112 valence electrons. The number of aliphatic hydroxyl groups excluding tert-OH is 1. The molecule has 0 spiro atoms. The molecule has 6 heteroatoms. The van der Waals surface area contributed by atoms with E-state index in [1.807, 2.05) is 32.0 Å².